The van der Waals surface area contributed by atoms with Crippen molar-refractivity contribution in [2.75, 3.05) is 43.9 Å². The van der Waals surface area contributed by atoms with Crippen LogP contribution >= 0.6 is 0 Å². The number of hydrogen-bond acceptors (Lipinski definition) is 9. The zero-order valence-electron chi connectivity index (χ0n) is 21.1. The normalized spacial score (nSPS) is 10.6. The zero-order chi connectivity index (χ0) is 26.1. The summed E-state index contributed by atoms with van der Waals surface area (Å²) < 4.78 is 23.8. The lowest BCUT2D eigenvalue weighted by atomic mass is 10.2. The van der Waals surface area contributed by atoms with Gasteiger partial charge in [-0.05, 0) is 26.0 Å². The number of benzene rings is 1. The molecule has 192 valence electrons. The van der Waals surface area contributed by atoms with Crippen molar-refractivity contribution < 1.29 is 18.7 Å². The number of amides is 1. The topological polar surface area (TPSA) is 122 Å². The first kappa shape index (κ1) is 26.5. The second kappa shape index (κ2) is 12.5. The molecular formula is C25H32FN7O3. The highest BCUT2D eigenvalue weighted by Gasteiger charge is 2.14. The lowest BCUT2D eigenvalue weighted by Crippen LogP contribution is -2.22. The highest BCUT2D eigenvalue weighted by molar-refractivity contribution is 5.99. The average molecular weight is 498 g/mol. The number of nitrogens with one attached hydrogen (secondary N) is 4. The fourth-order valence-corrected chi connectivity index (χ4v) is 3.43. The Labute approximate surface area is 210 Å². The molecule has 1 aromatic carbocycles. The maximum absolute atomic E-state index is 13.1. The predicted molar refractivity (Wildman–Crippen MR) is 138 cm³/mol. The molecule has 0 aliphatic rings. The number of rotatable bonds is 12. The summed E-state index contributed by atoms with van der Waals surface area (Å²) in [6, 6.07) is 9.09. The zero-order valence-corrected chi connectivity index (χ0v) is 21.1. The maximum Gasteiger partial charge on any atom is 0.254 e. The van der Waals surface area contributed by atoms with Gasteiger partial charge in [-0.25, -0.2) is 15.0 Å². The molecule has 1 amide bonds. The Kier molecular flexibility index (Phi) is 9.20. The number of carbonyl (C=O) groups excluding carboxylic acids is 1. The first-order valence-electron chi connectivity index (χ1n) is 11.5. The van der Waals surface area contributed by atoms with Crippen LogP contribution in [0.3, 0.4) is 0 Å². The van der Waals surface area contributed by atoms with Crippen molar-refractivity contribution in [1.82, 2.24) is 20.3 Å². The molecule has 11 heteroatoms. The summed E-state index contributed by atoms with van der Waals surface area (Å²) in [6.45, 7) is 3.78. The van der Waals surface area contributed by atoms with E-state index in [-0.39, 0.29) is 18.4 Å². The third kappa shape index (κ3) is 6.94. The molecule has 10 nitrogen and oxygen atoms in total. The number of anilines is 4. The molecule has 2 aromatic heterocycles. The summed E-state index contributed by atoms with van der Waals surface area (Å²) in [4.78, 5) is 25.4. The number of ether oxygens (including phenoxy) is 2. The van der Waals surface area contributed by atoms with Gasteiger partial charge in [0.05, 0.1) is 32.1 Å². The van der Waals surface area contributed by atoms with Crippen LogP contribution in [0, 0.1) is 0 Å². The van der Waals surface area contributed by atoms with Crippen molar-refractivity contribution in [3.8, 4) is 11.5 Å². The van der Waals surface area contributed by atoms with Crippen molar-refractivity contribution in [2.45, 2.75) is 32.9 Å². The lowest BCUT2D eigenvalue weighted by molar-refractivity contribution is 0.0963. The van der Waals surface area contributed by atoms with Crippen molar-refractivity contribution in [3.63, 3.8) is 0 Å². The molecule has 2 heterocycles. The predicted octanol–water partition coefficient (Wildman–Crippen LogP) is 3.94. The van der Waals surface area contributed by atoms with Gasteiger partial charge >= 0.3 is 0 Å². The lowest BCUT2D eigenvalue weighted by Gasteiger charge is -2.16. The van der Waals surface area contributed by atoms with Gasteiger partial charge in [0.1, 0.15) is 34.8 Å². The molecule has 3 rings (SSSR count). The van der Waals surface area contributed by atoms with Gasteiger partial charge in [0.15, 0.2) is 0 Å². The average Bonchev–Trinajstić information content (AvgIpc) is 2.86. The largest absolute Gasteiger partial charge is 0.497 e. The molecular weight excluding hydrogens is 465 g/mol. The third-order valence-electron chi connectivity index (χ3n) is 5.12. The standard InChI is InChI=1S/C25H32FN7O3/c1-15(2)30-19-11-22(29-14-18(19)25(34)27-3)33-24-12-23(31-21(32-24)8-9-26)28-13-16-6-7-17(35-4)10-20(16)36-5/h6-7,10-12,14-15H,8-9,13H2,1-5H3,(H,27,34)(H3,28,29,30,31,32,33). The summed E-state index contributed by atoms with van der Waals surface area (Å²) >= 11 is 0. The first-order chi connectivity index (χ1) is 17.4. The van der Waals surface area contributed by atoms with Crippen molar-refractivity contribution in [1.29, 1.82) is 0 Å². The number of alkyl halides is 1. The molecule has 3 aromatic rings. The van der Waals surface area contributed by atoms with Gasteiger partial charge in [-0.15, -0.1) is 0 Å². The Morgan fingerprint density at radius 1 is 1.06 bits per heavy atom. The number of methoxy groups -OCH3 is 2. The Hall–Kier alpha value is -4.15. The summed E-state index contributed by atoms with van der Waals surface area (Å²) in [6.07, 6.45) is 1.56. The van der Waals surface area contributed by atoms with E-state index < -0.39 is 6.67 Å². The monoisotopic (exact) mass is 497 g/mol. The molecule has 4 N–H and O–H groups in total. The van der Waals surface area contributed by atoms with Crippen LogP contribution in [0.2, 0.25) is 0 Å². The first-order valence-corrected chi connectivity index (χ1v) is 11.5. The number of halogens is 1. The van der Waals surface area contributed by atoms with Gasteiger partial charge in [0.25, 0.3) is 5.91 Å². The number of hydrogen-bond donors (Lipinski definition) is 4. The van der Waals surface area contributed by atoms with E-state index in [9.17, 15) is 9.18 Å². The second-order valence-corrected chi connectivity index (χ2v) is 8.14. The quantitative estimate of drug-likeness (QED) is 0.295. The van der Waals surface area contributed by atoms with E-state index in [1.807, 2.05) is 26.0 Å². The molecule has 0 saturated carbocycles. The van der Waals surface area contributed by atoms with Gasteiger partial charge in [-0.1, -0.05) is 0 Å². The summed E-state index contributed by atoms with van der Waals surface area (Å²) in [5.41, 5.74) is 1.95. The van der Waals surface area contributed by atoms with E-state index in [0.29, 0.717) is 52.6 Å². The molecule has 0 aliphatic heterocycles. The van der Waals surface area contributed by atoms with Gasteiger partial charge in [0.2, 0.25) is 0 Å². The molecule has 0 spiro atoms. The third-order valence-corrected chi connectivity index (χ3v) is 5.12. The van der Waals surface area contributed by atoms with Crippen molar-refractivity contribution in [3.05, 3.63) is 53.5 Å². The fraction of sp³-hybridized carbons (Fsp3) is 0.360. The Morgan fingerprint density at radius 2 is 1.83 bits per heavy atom. The van der Waals surface area contributed by atoms with Crippen LogP contribution in [0.25, 0.3) is 0 Å². The SMILES string of the molecule is CNC(=O)c1cnc(Nc2cc(NCc3ccc(OC)cc3OC)nc(CCF)n2)cc1NC(C)C. The Morgan fingerprint density at radius 3 is 2.50 bits per heavy atom. The molecule has 0 atom stereocenters. The minimum atomic E-state index is -0.587. The minimum Gasteiger partial charge on any atom is -0.497 e. The Balaban J connectivity index is 1.86. The van der Waals surface area contributed by atoms with Crippen LogP contribution in [0.5, 0.6) is 11.5 Å². The molecule has 0 unspecified atom stereocenters. The summed E-state index contributed by atoms with van der Waals surface area (Å²) in [5, 5.41) is 12.3. The number of nitrogens with zero attached hydrogens (tertiary/aromatic N) is 3. The van der Waals surface area contributed by atoms with Gasteiger partial charge in [-0.3, -0.25) is 9.18 Å². The second-order valence-electron chi connectivity index (χ2n) is 8.14. The van der Waals surface area contributed by atoms with Crippen molar-refractivity contribution in [2.24, 2.45) is 0 Å². The number of carbonyl (C=O) groups is 1. The molecule has 0 aliphatic carbocycles. The van der Waals surface area contributed by atoms with Crippen LogP contribution in [0.4, 0.5) is 27.5 Å². The van der Waals surface area contributed by atoms with Gasteiger partial charge in [0, 0.05) is 56.0 Å². The van der Waals surface area contributed by atoms with Crippen molar-refractivity contribution >= 4 is 29.0 Å². The summed E-state index contributed by atoms with van der Waals surface area (Å²) in [7, 11) is 4.75. The van der Waals surface area contributed by atoms with Crippen LogP contribution in [0.1, 0.15) is 35.6 Å². The van der Waals surface area contributed by atoms with Crippen LogP contribution < -0.4 is 30.7 Å². The molecule has 0 radical (unpaired) electrons. The fourth-order valence-electron chi connectivity index (χ4n) is 3.43. The summed E-state index contributed by atoms with van der Waals surface area (Å²) in [5.74, 6) is 2.88. The smallest absolute Gasteiger partial charge is 0.254 e. The maximum atomic E-state index is 13.1. The molecule has 0 saturated heterocycles. The van der Waals surface area contributed by atoms with E-state index in [4.69, 9.17) is 9.47 Å². The van der Waals surface area contributed by atoms with E-state index >= 15 is 0 Å². The van der Waals surface area contributed by atoms with Crippen LogP contribution in [-0.2, 0) is 13.0 Å². The minimum absolute atomic E-state index is 0.0687. The molecule has 0 fully saturated rings. The van der Waals surface area contributed by atoms with E-state index in [2.05, 4.69) is 36.2 Å². The van der Waals surface area contributed by atoms with Crippen LogP contribution in [-0.4, -0.2) is 54.8 Å². The van der Waals surface area contributed by atoms with Gasteiger partial charge < -0.3 is 30.7 Å². The van der Waals surface area contributed by atoms with Crippen LogP contribution in [0.15, 0.2) is 36.5 Å². The highest BCUT2D eigenvalue weighted by Crippen LogP contribution is 2.26. The molecule has 0 bridgehead atoms. The van der Waals surface area contributed by atoms with E-state index in [1.54, 1.807) is 39.5 Å². The number of pyridine rings is 1. The Bertz CT molecular complexity index is 1190. The number of aryl methyl sites for hydroxylation is 1. The van der Waals surface area contributed by atoms with E-state index in [1.165, 1.54) is 6.20 Å². The highest BCUT2D eigenvalue weighted by atomic mass is 19.1. The molecule has 36 heavy (non-hydrogen) atoms. The van der Waals surface area contributed by atoms with E-state index in [0.717, 1.165) is 5.56 Å². The number of aromatic nitrogens is 3. The van der Waals surface area contributed by atoms with Gasteiger partial charge in [-0.2, -0.15) is 0 Å².